The average molecular weight is 411 g/mol. The Hall–Kier alpha value is -2.45. The highest BCUT2D eigenvalue weighted by Gasteiger charge is 2.15. The molecule has 4 rings (SSSR count). The van der Waals surface area contributed by atoms with Crippen molar-refractivity contribution in [2.24, 2.45) is 0 Å². The Morgan fingerprint density at radius 1 is 1.17 bits per heavy atom. The molecule has 152 valence electrons. The summed E-state index contributed by atoms with van der Waals surface area (Å²) in [5, 5.41) is 7.46. The smallest absolute Gasteiger partial charge is 0.252 e. The van der Waals surface area contributed by atoms with Crippen molar-refractivity contribution >= 4 is 29.1 Å². The molecule has 0 radical (unpaired) electrons. The van der Waals surface area contributed by atoms with Crippen LogP contribution in [0.5, 0.6) is 0 Å². The summed E-state index contributed by atoms with van der Waals surface area (Å²) < 4.78 is 1.68. The van der Waals surface area contributed by atoms with Gasteiger partial charge in [0.2, 0.25) is 5.91 Å². The number of benzene rings is 1. The molecule has 2 aromatic heterocycles. The van der Waals surface area contributed by atoms with Crippen LogP contribution < -0.4 is 5.32 Å². The number of amides is 1. The molecular weight excluding hydrogens is 384 g/mol. The summed E-state index contributed by atoms with van der Waals surface area (Å²) in [4.78, 5) is 23.9. The molecule has 8 heteroatoms. The first-order valence-electron chi connectivity index (χ1n) is 9.88. The molecule has 1 fully saturated rings. The number of fused-ring (bicyclic) bond motifs is 1. The highest BCUT2D eigenvalue weighted by molar-refractivity contribution is 7.99. The van der Waals surface area contributed by atoms with Crippen molar-refractivity contribution in [1.29, 1.82) is 0 Å². The van der Waals surface area contributed by atoms with E-state index in [1.54, 1.807) is 4.52 Å². The van der Waals surface area contributed by atoms with Gasteiger partial charge in [-0.2, -0.15) is 16.7 Å². The van der Waals surface area contributed by atoms with Gasteiger partial charge in [-0.15, -0.1) is 5.10 Å². The summed E-state index contributed by atoms with van der Waals surface area (Å²) >= 11 is 2.01. The fourth-order valence-electron chi connectivity index (χ4n) is 3.61. The van der Waals surface area contributed by atoms with Crippen molar-refractivity contribution in [3.8, 4) is 0 Å². The molecule has 1 saturated heterocycles. The predicted molar refractivity (Wildman–Crippen MR) is 116 cm³/mol. The maximum Gasteiger partial charge on any atom is 0.252 e. The minimum absolute atomic E-state index is 0.120. The van der Waals surface area contributed by atoms with Gasteiger partial charge in [0, 0.05) is 48.2 Å². The zero-order valence-electron chi connectivity index (χ0n) is 17.1. The fraction of sp³-hybridized carbons (Fsp3) is 0.429. The van der Waals surface area contributed by atoms with Crippen LogP contribution in [-0.4, -0.2) is 55.0 Å². The summed E-state index contributed by atoms with van der Waals surface area (Å²) in [5.41, 5.74) is 5.07. The number of aryl methyl sites for hydroxylation is 2. The van der Waals surface area contributed by atoms with Crippen molar-refractivity contribution in [2.45, 2.75) is 33.7 Å². The van der Waals surface area contributed by atoms with Crippen molar-refractivity contribution in [1.82, 2.24) is 24.5 Å². The topological polar surface area (TPSA) is 75.4 Å². The number of carbonyl (C=O) groups excluding carboxylic acids is 1. The predicted octanol–water partition coefficient (Wildman–Crippen LogP) is 2.78. The van der Waals surface area contributed by atoms with E-state index in [0.717, 1.165) is 42.3 Å². The van der Waals surface area contributed by atoms with E-state index < -0.39 is 0 Å². The maximum absolute atomic E-state index is 12.6. The molecule has 1 amide bonds. The summed E-state index contributed by atoms with van der Waals surface area (Å²) in [6.07, 6.45) is 0.120. The lowest BCUT2D eigenvalue weighted by Crippen LogP contribution is -2.32. The second-order valence-electron chi connectivity index (χ2n) is 7.48. The van der Waals surface area contributed by atoms with Gasteiger partial charge in [0.05, 0.1) is 6.42 Å². The lowest BCUT2D eigenvalue weighted by atomic mass is 10.1. The van der Waals surface area contributed by atoms with E-state index in [0.29, 0.717) is 11.6 Å². The summed E-state index contributed by atoms with van der Waals surface area (Å²) in [5.74, 6) is 3.27. The molecule has 0 spiro atoms. The van der Waals surface area contributed by atoms with Gasteiger partial charge in [-0.25, -0.2) is 9.50 Å². The zero-order valence-corrected chi connectivity index (χ0v) is 17.9. The summed E-state index contributed by atoms with van der Waals surface area (Å²) in [7, 11) is 0. The van der Waals surface area contributed by atoms with Crippen LogP contribution in [0.3, 0.4) is 0 Å². The minimum atomic E-state index is -0.120. The van der Waals surface area contributed by atoms with Crippen LogP contribution in [0.2, 0.25) is 0 Å². The molecule has 7 nitrogen and oxygen atoms in total. The van der Waals surface area contributed by atoms with Gasteiger partial charge in [-0.05, 0) is 44.0 Å². The van der Waals surface area contributed by atoms with E-state index in [1.165, 1.54) is 17.1 Å². The van der Waals surface area contributed by atoms with Crippen molar-refractivity contribution in [2.75, 3.05) is 29.9 Å². The molecule has 1 N–H and O–H groups in total. The molecular formula is C21H26N6OS. The third-order valence-corrected chi connectivity index (χ3v) is 6.14. The maximum atomic E-state index is 12.6. The Labute approximate surface area is 174 Å². The van der Waals surface area contributed by atoms with Crippen LogP contribution in [0.4, 0.5) is 5.69 Å². The van der Waals surface area contributed by atoms with Crippen molar-refractivity contribution in [3.05, 3.63) is 52.6 Å². The molecule has 0 saturated carbocycles. The van der Waals surface area contributed by atoms with Crippen LogP contribution in [0.15, 0.2) is 24.3 Å². The van der Waals surface area contributed by atoms with Crippen LogP contribution in [0.1, 0.15) is 28.3 Å². The van der Waals surface area contributed by atoms with Gasteiger partial charge >= 0.3 is 0 Å². The Kier molecular flexibility index (Phi) is 5.82. The lowest BCUT2D eigenvalue weighted by molar-refractivity contribution is -0.115. The first kappa shape index (κ1) is 19.8. The zero-order chi connectivity index (χ0) is 20.4. The van der Waals surface area contributed by atoms with E-state index >= 15 is 0 Å². The molecule has 3 aromatic rings. The second-order valence-corrected chi connectivity index (χ2v) is 8.71. The molecule has 0 bridgehead atoms. The molecule has 1 aliphatic rings. The third-order valence-electron chi connectivity index (χ3n) is 5.20. The third kappa shape index (κ3) is 4.59. The largest absolute Gasteiger partial charge is 0.325 e. The Morgan fingerprint density at radius 2 is 1.97 bits per heavy atom. The number of carbonyl (C=O) groups is 1. The van der Waals surface area contributed by atoms with Gasteiger partial charge in [0.1, 0.15) is 0 Å². The molecule has 1 aliphatic heterocycles. The Balaban J connectivity index is 1.45. The molecule has 0 atom stereocenters. The van der Waals surface area contributed by atoms with Gasteiger partial charge in [0.15, 0.2) is 5.82 Å². The van der Waals surface area contributed by atoms with Gasteiger partial charge in [-0.3, -0.25) is 9.69 Å². The summed E-state index contributed by atoms with van der Waals surface area (Å²) in [6, 6.07) is 8.05. The van der Waals surface area contributed by atoms with Crippen molar-refractivity contribution in [3.63, 3.8) is 0 Å². The second kappa shape index (κ2) is 8.51. The molecule has 3 heterocycles. The number of nitrogens with one attached hydrogen (secondary N) is 1. The number of anilines is 1. The first-order valence-corrected chi connectivity index (χ1v) is 11.0. The number of hydrogen-bond donors (Lipinski definition) is 1. The van der Waals surface area contributed by atoms with Gasteiger partial charge in [0.25, 0.3) is 5.78 Å². The number of thioether (sulfide) groups is 1. The van der Waals surface area contributed by atoms with E-state index in [9.17, 15) is 4.79 Å². The van der Waals surface area contributed by atoms with E-state index in [2.05, 4.69) is 38.3 Å². The molecule has 0 aliphatic carbocycles. The standard InChI is InChI=1S/C21H26N6OS/c1-14-11-15(2)27-21(22-14)24-19(25-27)12-20(28)23-18-6-4-5-17(16(18)3)13-26-7-9-29-10-8-26/h4-6,11H,7-10,12-13H2,1-3H3,(H,23,28). The highest BCUT2D eigenvalue weighted by Crippen LogP contribution is 2.22. The van der Waals surface area contributed by atoms with Crippen LogP contribution in [0, 0.1) is 20.8 Å². The first-order chi connectivity index (χ1) is 14.0. The lowest BCUT2D eigenvalue weighted by Gasteiger charge is -2.27. The number of hydrogen-bond acceptors (Lipinski definition) is 6. The number of aromatic nitrogens is 4. The van der Waals surface area contributed by atoms with Crippen LogP contribution >= 0.6 is 11.8 Å². The van der Waals surface area contributed by atoms with Crippen LogP contribution in [0.25, 0.3) is 5.78 Å². The van der Waals surface area contributed by atoms with Gasteiger partial charge < -0.3 is 5.32 Å². The molecule has 1 aromatic carbocycles. The number of nitrogens with zero attached hydrogens (tertiary/aromatic N) is 5. The normalized spacial score (nSPS) is 15.0. The molecule has 29 heavy (non-hydrogen) atoms. The van der Waals surface area contributed by atoms with Crippen molar-refractivity contribution < 1.29 is 4.79 Å². The Bertz CT molecular complexity index is 1040. The Morgan fingerprint density at radius 3 is 2.76 bits per heavy atom. The fourth-order valence-corrected chi connectivity index (χ4v) is 4.59. The quantitative estimate of drug-likeness (QED) is 0.697. The van der Waals surface area contributed by atoms with Crippen LogP contribution in [-0.2, 0) is 17.8 Å². The van der Waals surface area contributed by atoms with Gasteiger partial charge in [-0.1, -0.05) is 12.1 Å². The highest BCUT2D eigenvalue weighted by atomic mass is 32.2. The molecule has 0 unspecified atom stereocenters. The average Bonchev–Trinajstić information content (AvgIpc) is 3.08. The number of rotatable bonds is 5. The minimum Gasteiger partial charge on any atom is -0.325 e. The summed E-state index contributed by atoms with van der Waals surface area (Å²) in [6.45, 7) is 9.11. The van der Waals surface area contributed by atoms with E-state index in [-0.39, 0.29) is 12.3 Å². The monoisotopic (exact) mass is 410 g/mol. The van der Waals surface area contributed by atoms with E-state index in [4.69, 9.17) is 0 Å². The van der Waals surface area contributed by atoms with E-state index in [1.807, 2.05) is 43.8 Å². The SMILES string of the molecule is Cc1cc(C)n2nc(CC(=O)Nc3cccc(CN4CCSCC4)c3C)nc2n1.